The second-order valence-corrected chi connectivity index (χ2v) is 3.51. The van der Waals surface area contributed by atoms with Gasteiger partial charge < -0.3 is 20.4 Å². The third-order valence-electron chi connectivity index (χ3n) is 2.16. The van der Waals surface area contributed by atoms with Crippen LogP contribution < -0.4 is 0 Å². The zero-order valence-electron chi connectivity index (χ0n) is 8.52. The van der Waals surface area contributed by atoms with Gasteiger partial charge in [0, 0.05) is 0 Å². The summed E-state index contributed by atoms with van der Waals surface area (Å²) in [6.45, 7) is -0.807. The summed E-state index contributed by atoms with van der Waals surface area (Å²) in [7, 11) is 0. The summed E-state index contributed by atoms with van der Waals surface area (Å²) in [5.74, 6) is -0.681. The standard InChI is InChI=1S/C10H11F3O4/c11-10(12,13)6-1-5(2-7(15)3-6)9(17)8(16)4-14/h1-3,8-9,14-17H,4H2. The summed E-state index contributed by atoms with van der Waals surface area (Å²) in [6.07, 6.45) is -7.98. The molecule has 0 aromatic heterocycles. The molecule has 0 radical (unpaired) electrons. The Morgan fingerprint density at radius 2 is 1.71 bits per heavy atom. The van der Waals surface area contributed by atoms with Gasteiger partial charge in [0.25, 0.3) is 0 Å². The lowest BCUT2D eigenvalue weighted by Gasteiger charge is -2.17. The number of aliphatic hydroxyl groups excluding tert-OH is 3. The Labute approximate surface area is 94.6 Å². The molecule has 0 saturated heterocycles. The molecule has 4 N–H and O–H groups in total. The molecule has 7 heteroatoms. The molecule has 17 heavy (non-hydrogen) atoms. The van der Waals surface area contributed by atoms with Crippen LogP contribution in [0.1, 0.15) is 17.2 Å². The molecule has 1 aromatic carbocycles. The zero-order valence-corrected chi connectivity index (χ0v) is 8.52. The lowest BCUT2D eigenvalue weighted by atomic mass is 10.0. The van der Waals surface area contributed by atoms with Crippen molar-refractivity contribution in [3.8, 4) is 5.75 Å². The Morgan fingerprint density at radius 3 is 2.18 bits per heavy atom. The molecule has 0 heterocycles. The highest BCUT2D eigenvalue weighted by molar-refractivity contribution is 5.36. The predicted octanol–water partition coefficient (Wildman–Crippen LogP) is 0.798. The van der Waals surface area contributed by atoms with E-state index in [0.29, 0.717) is 12.1 Å². The first-order chi connectivity index (χ1) is 7.75. The number of aliphatic hydroxyl groups is 3. The average molecular weight is 252 g/mol. The zero-order chi connectivity index (χ0) is 13.2. The first kappa shape index (κ1) is 13.8. The van der Waals surface area contributed by atoms with Gasteiger partial charge in [0.2, 0.25) is 0 Å². The molecule has 0 aliphatic heterocycles. The molecule has 0 fully saturated rings. The lowest BCUT2D eigenvalue weighted by Crippen LogP contribution is -2.22. The number of rotatable bonds is 3. The van der Waals surface area contributed by atoms with Crippen LogP contribution in [0.25, 0.3) is 0 Å². The van der Waals surface area contributed by atoms with Crippen LogP contribution in [0.3, 0.4) is 0 Å². The number of phenols is 1. The Morgan fingerprint density at radius 1 is 1.12 bits per heavy atom. The fourth-order valence-electron chi connectivity index (χ4n) is 1.29. The Kier molecular flexibility index (Phi) is 3.97. The summed E-state index contributed by atoms with van der Waals surface area (Å²) in [5.41, 5.74) is -1.46. The van der Waals surface area contributed by atoms with Crippen molar-refractivity contribution in [2.45, 2.75) is 18.4 Å². The molecule has 1 rings (SSSR count). The lowest BCUT2D eigenvalue weighted by molar-refractivity contribution is -0.137. The maximum atomic E-state index is 12.4. The number of halogens is 3. The summed E-state index contributed by atoms with van der Waals surface area (Å²) in [5, 5.41) is 36.2. The van der Waals surface area contributed by atoms with Crippen LogP contribution in [0.5, 0.6) is 5.75 Å². The first-order valence-corrected chi connectivity index (χ1v) is 4.64. The van der Waals surface area contributed by atoms with E-state index >= 15 is 0 Å². The van der Waals surface area contributed by atoms with Crippen LogP contribution in [-0.4, -0.2) is 33.1 Å². The van der Waals surface area contributed by atoms with Gasteiger partial charge in [-0.25, -0.2) is 0 Å². The predicted molar refractivity (Wildman–Crippen MR) is 51.2 cm³/mol. The van der Waals surface area contributed by atoms with E-state index in [9.17, 15) is 18.3 Å². The van der Waals surface area contributed by atoms with Gasteiger partial charge in [-0.05, 0) is 23.8 Å². The monoisotopic (exact) mass is 252 g/mol. The van der Waals surface area contributed by atoms with E-state index in [1.807, 2.05) is 0 Å². The summed E-state index contributed by atoms with van der Waals surface area (Å²) in [6, 6.07) is 1.99. The topological polar surface area (TPSA) is 80.9 Å². The van der Waals surface area contributed by atoms with Crippen molar-refractivity contribution in [2.75, 3.05) is 6.61 Å². The molecule has 0 saturated carbocycles. The number of aromatic hydroxyl groups is 1. The fraction of sp³-hybridized carbons (Fsp3) is 0.400. The van der Waals surface area contributed by atoms with Crippen LogP contribution in [0.2, 0.25) is 0 Å². The molecule has 0 bridgehead atoms. The van der Waals surface area contributed by atoms with Crippen molar-refractivity contribution >= 4 is 0 Å². The molecule has 0 aliphatic rings. The number of benzene rings is 1. The number of alkyl halides is 3. The maximum absolute atomic E-state index is 12.4. The molecule has 4 nitrogen and oxygen atoms in total. The smallest absolute Gasteiger partial charge is 0.416 e. The summed E-state index contributed by atoms with van der Waals surface area (Å²) in [4.78, 5) is 0. The minimum Gasteiger partial charge on any atom is -0.508 e. The fourth-order valence-corrected chi connectivity index (χ4v) is 1.29. The Hall–Kier alpha value is -1.31. The van der Waals surface area contributed by atoms with Crippen molar-refractivity contribution in [3.05, 3.63) is 29.3 Å². The highest BCUT2D eigenvalue weighted by atomic mass is 19.4. The average Bonchev–Trinajstić information content (AvgIpc) is 2.25. The molecule has 0 aliphatic carbocycles. The molecule has 96 valence electrons. The minimum atomic E-state index is -4.67. The first-order valence-electron chi connectivity index (χ1n) is 4.64. The SMILES string of the molecule is OCC(O)C(O)c1cc(O)cc(C(F)(F)F)c1. The largest absolute Gasteiger partial charge is 0.508 e. The highest BCUT2D eigenvalue weighted by Crippen LogP contribution is 2.34. The second-order valence-electron chi connectivity index (χ2n) is 3.51. The molecular formula is C10H11F3O4. The van der Waals surface area contributed by atoms with E-state index in [1.165, 1.54) is 0 Å². The van der Waals surface area contributed by atoms with Crippen molar-refractivity contribution in [3.63, 3.8) is 0 Å². The quantitative estimate of drug-likeness (QED) is 0.641. The van der Waals surface area contributed by atoms with E-state index in [0.717, 1.165) is 6.07 Å². The van der Waals surface area contributed by atoms with Crippen LogP contribution >= 0.6 is 0 Å². The van der Waals surface area contributed by atoms with Crippen LogP contribution in [-0.2, 0) is 6.18 Å². The second kappa shape index (κ2) is 4.91. The van der Waals surface area contributed by atoms with Crippen LogP contribution in [0, 0.1) is 0 Å². The molecule has 1 aromatic rings. The molecule has 0 amide bonds. The van der Waals surface area contributed by atoms with Crippen molar-refractivity contribution in [1.29, 1.82) is 0 Å². The normalized spacial score (nSPS) is 15.6. The molecule has 2 unspecified atom stereocenters. The van der Waals surface area contributed by atoms with Gasteiger partial charge in [0.15, 0.2) is 0 Å². The van der Waals surface area contributed by atoms with Gasteiger partial charge in [0.05, 0.1) is 12.2 Å². The van der Waals surface area contributed by atoms with Crippen molar-refractivity contribution in [1.82, 2.24) is 0 Å². The molecular weight excluding hydrogens is 241 g/mol. The van der Waals surface area contributed by atoms with Gasteiger partial charge in [-0.3, -0.25) is 0 Å². The number of hydrogen-bond acceptors (Lipinski definition) is 4. The maximum Gasteiger partial charge on any atom is 0.416 e. The van der Waals surface area contributed by atoms with E-state index < -0.39 is 36.3 Å². The number of phenolic OH excluding ortho intramolecular Hbond substituents is 1. The molecule has 2 atom stereocenters. The van der Waals surface area contributed by atoms with Crippen molar-refractivity contribution in [2.24, 2.45) is 0 Å². The van der Waals surface area contributed by atoms with Gasteiger partial charge in [-0.1, -0.05) is 0 Å². The van der Waals surface area contributed by atoms with E-state index in [-0.39, 0.29) is 5.56 Å². The Balaban J connectivity index is 3.14. The molecule has 0 spiro atoms. The van der Waals surface area contributed by atoms with Gasteiger partial charge in [-0.15, -0.1) is 0 Å². The Bertz CT molecular complexity index is 392. The van der Waals surface area contributed by atoms with Crippen LogP contribution in [0.4, 0.5) is 13.2 Å². The number of hydrogen-bond donors (Lipinski definition) is 4. The van der Waals surface area contributed by atoms with Gasteiger partial charge in [0.1, 0.15) is 18.0 Å². The van der Waals surface area contributed by atoms with Gasteiger partial charge in [-0.2, -0.15) is 13.2 Å². The van der Waals surface area contributed by atoms with E-state index in [4.69, 9.17) is 15.3 Å². The van der Waals surface area contributed by atoms with E-state index in [1.54, 1.807) is 0 Å². The van der Waals surface area contributed by atoms with Gasteiger partial charge >= 0.3 is 6.18 Å². The van der Waals surface area contributed by atoms with Crippen molar-refractivity contribution < 1.29 is 33.6 Å². The van der Waals surface area contributed by atoms with E-state index in [2.05, 4.69) is 0 Å². The van der Waals surface area contributed by atoms with Crippen LogP contribution in [0.15, 0.2) is 18.2 Å². The summed E-state index contributed by atoms with van der Waals surface area (Å²) < 4.78 is 37.2. The third kappa shape index (κ3) is 3.32. The highest BCUT2D eigenvalue weighted by Gasteiger charge is 2.32. The minimum absolute atomic E-state index is 0.320. The third-order valence-corrected chi connectivity index (χ3v) is 2.16. The summed E-state index contributed by atoms with van der Waals surface area (Å²) >= 11 is 0.